The van der Waals surface area contributed by atoms with Crippen molar-refractivity contribution in [3.05, 3.63) is 53.1 Å². The average molecular weight is 264 g/mol. The van der Waals surface area contributed by atoms with E-state index in [9.17, 15) is 0 Å². The molecule has 0 aliphatic heterocycles. The number of nitrogens with zero attached hydrogens (tertiary/aromatic N) is 2. The number of methoxy groups -OCH3 is 1. The lowest BCUT2D eigenvalue weighted by Gasteiger charge is -2.13. The molecule has 0 aliphatic rings. The minimum atomic E-state index is -0.230. The summed E-state index contributed by atoms with van der Waals surface area (Å²) in [4.78, 5) is 8.20. The standard InChI is InChI=1S/C13H14ClN3O/c1-18-13-3-2-10(14)6-9(13)7-11(15)12-8-16-4-5-17-12/h2-6,8,11H,7,15H2,1H3. The predicted octanol–water partition coefficient (Wildman–Crippen LogP) is 2.38. The van der Waals surface area contributed by atoms with Gasteiger partial charge in [0.1, 0.15) is 5.75 Å². The van der Waals surface area contributed by atoms with E-state index in [1.807, 2.05) is 12.1 Å². The highest BCUT2D eigenvalue weighted by atomic mass is 35.5. The highest BCUT2D eigenvalue weighted by Crippen LogP contribution is 2.26. The molecular formula is C13H14ClN3O. The Hall–Kier alpha value is -1.65. The molecule has 1 aromatic carbocycles. The summed E-state index contributed by atoms with van der Waals surface area (Å²) in [7, 11) is 1.63. The molecule has 94 valence electrons. The molecule has 0 aliphatic carbocycles. The molecule has 1 aromatic heterocycles. The minimum Gasteiger partial charge on any atom is -0.496 e. The monoisotopic (exact) mass is 263 g/mol. The second kappa shape index (κ2) is 5.80. The van der Waals surface area contributed by atoms with Crippen LogP contribution in [0, 0.1) is 0 Å². The first-order chi connectivity index (χ1) is 8.70. The van der Waals surface area contributed by atoms with Crippen LogP contribution in [0.4, 0.5) is 0 Å². The third-order valence-corrected chi connectivity index (χ3v) is 2.88. The minimum absolute atomic E-state index is 0.230. The van der Waals surface area contributed by atoms with E-state index in [0.29, 0.717) is 11.4 Å². The van der Waals surface area contributed by atoms with E-state index in [4.69, 9.17) is 22.1 Å². The van der Waals surface area contributed by atoms with Crippen molar-refractivity contribution in [2.24, 2.45) is 5.73 Å². The number of hydrogen-bond donors (Lipinski definition) is 1. The van der Waals surface area contributed by atoms with Gasteiger partial charge in [0.15, 0.2) is 0 Å². The quantitative estimate of drug-likeness (QED) is 0.920. The Morgan fingerprint density at radius 2 is 2.22 bits per heavy atom. The maximum absolute atomic E-state index is 6.10. The number of ether oxygens (including phenoxy) is 1. The Morgan fingerprint density at radius 3 is 2.89 bits per heavy atom. The van der Waals surface area contributed by atoms with Crippen LogP contribution < -0.4 is 10.5 Å². The largest absolute Gasteiger partial charge is 0.496 e. The molecule has 1 atom stereocenters. The number of benzene rings is 1. The maximum Gasteiger partial charge on any atom is 0.122 e. The fourth-order valence-corrected chi connectivity index (χ4v) is 1.94. The first-order valence-corrected chi connectivity index (χ1v) is 5.92. The third kappa shape index (κ3) is 2.97. The summed E-state index contributed by atoms with van der Waals surface area (Å²) >= 11 is 5.98. The summed E-state index contributed by atoms with van der Waals surface area (Å²) in [6.07, 6.45) is 5.52. The van der Waals surface area contributed by atoms with Gasteiger partial charge in [-0.2, -0.15) is 0 Å². The zero-order valence-electron chi connectivity index (χ0n) is 10.0. The van der Waals surface area contributed by atoms with Gasteiger partial charge < -0.3 is 10.5 Å². The highest BCUT2D eigenvalue weighted by molar-refractivity contribution is 6.30. The number of nitrogens with two attached hydrogens (primary N) is 1. The van der Waals surface area contributed by atoms with Crippen LogP contribution >= 0.6 is 11.6 Å². The first-order valence-electron chi connectivity index (χ1n) is 5.54. The smallest absolute Gasteiger partial charge is 0.122 e. The molecule has 0 radical (unpaired) electrons. The van der Waals surface area contributed by atoms with E-state index in [1.54, 1.807) is 31.8 Å². The van der Waals surface area contributed by atoms with Crippen molar-refractivity contribution in [1.82, 2.24) is 9.97 Å². The highest BCUT2D eigenvalue weighted by Gasteiger charge is 2.12. The molecule has 5 heteroatoms. The van der Waals surface area contributed by atoms with Crippen molar-refractivity contribution in [3.8, 4) is 5.75 Å². The van der Waals surface area contributed by atoms with Crippen LogP contribution in [0.5, 0.6) is 5.75 Å². The van der Waals surface area contributed by atoms with Crippen molar-refractivity contribution in [1.29, 1.82) is 0 Å². The molecule has 0 bridgehead atoms. The Labute approximate surface area is 111 Å². The van der Waals surface area contributed by atoms with Gasteiger partial charge in [0, 0.05) is 23.6 Å². The number of aromatic nitrogens is 2. The van der Waals surface area contributed by atoms with Crippen LogP contribution in [0.2, 0.25) is 5.02 Å². The van der Waals surface area contributed by atoms with Gasteiger partial charge in [-0.1, -0.05) is 11.6 Å². The number of halogens is 1. The summed E-state index contributed by atoms with van der Waals surface area (Å²) in [5, 5.41) is 0.664. The Kier molecular flexibility index (Phi) is 4.12. The van der Waals surface area contributed by atoms with Crippen molar-refractivity contribution in [2.75, 3.05) is 7.11 Å². The normalized spacial score (nSPS) is 12.2. The van der Waals surface area contributed by atoms with Gasteiger partial charge in [-0.05, 0) is 30.2 Å². The first kappa shape index (κ1) is 12.8. The van der Waals surface area contributed by atoms with E-state index in [0.717, 1.165) is 17.0 Å². The van der Waals surface area contributed by atoms with E-state index in [1.165, 1.54) is 0 Å². The molecule has 0 amide bonds. The topological polar surface area (TPSA) is 61.0 Å². The maximum atomic E-state index is 6.10. The fourth-order valence-electron chi connectivity index (χ4n) is 1.75. The van der Waals surface area contributed by atoms with Gasteiger partial charge in [0.25, 0.3) is 0 Å². The van der Waals surface area contributed by atoms with Crippen molar-refractivity contribution >= 4 is 11.6 Å². The number of hydrogen-bond acceptors (Lipinski definition) is 4. The van der Waals surface area contributed by atoms with Crippen molar-refractivity contribution in [2.45, 2.75) is 12.5 Å². The zero-order valence-corrected chi connectivity index (χ0v) is 10.8. The summed E-state index contributed by atoms with van der Waals surface area (Å²) in [5.74, 6) is 0.777. The second-order valence-electron chi connectivity index (χ2n) is 3.90. The van der Waals surface area contributed by atoms with Crippen molar-refractivity contribution in [3.63, 3.8) is 0 Å². The lowest BCUT2D eigenvalue weighted by molar-refractivity contribution is 0.408. The summed E-state index contributed by atoms with van der Waals surface area (Å²) in [6, 6.07) is 5.25. The van der Waals surface area contributed by atoms with Gasteiger partial charge in [0.2, 0.25) is 0 Å². The molecule has 0 saturated heterocycles. The molecule has 2 N–H and O–H groups in total. The van der Waals surface area contributed by atoms with E-state index < -0.39 is 0 Å². The Morgan fingerprint density at radius 1 is 1.39 bits per heavy atom. The molecule has 0 spiro atoms. The van der Waals surface area contributed by atoms with Gasteiger partial charge in [-0.3, -0.25) is 9.97 Å². The van der Waals surface area contributed by atoms with E-state index >= 15 is 0 Å². The molecule has 0 saturated carbocycles. The Balaban J connectivity index is 2.21. The predicted molar refractivity (Wildman–Crippen MR) is 70.7 cm³/mol. The van der Waals surface area contributed by atoms with Crippen LogP contribution in [0.15, 0.2) is 36.8 Å². The molecule has 1 heterocycles. The molecule has 18 heavy (non-hydrogen) atoms. The zero-order chi connectivity index (χ0) is 13.0. The van der Waals surface area contributed by atoms with Crippen LogP contribution in [-0.2, 0) is 6.42 Å². The third-order valence-electron chi connectivity index (χ3n) is 2.65. The molecule has 0 fully saturated rings. The number of rotatable bonds is 4. The van der Waals surface area contributed by atoms with Crippen LogP contribution in [-0.4, -0.2) is 17.1 Å². The van der Waals surface area contributed by atoms with Crippen LogP contribution in [0.3, 0.4) is 0 Å². The average Bonchev–Trinajstić information content (AvgIpc) is 2.40. The summed E-state index contributed by atoms with van der Waals surface area (Å²) in [6.45, 7) is 0. The van der Waals surface area contributed by atoms with E-state index in [2.05, 4.69) is 9.97 Å². The SMILES string of the molecule is COc1ccc(Cl)cc1CC(N)c1cnccn1. The van der Waals surface area contributed by atoms with Crippen LogP contribution in [0.1, 0.15) is 17.3 Å². The summed E-state index contributed by atoms with van der Waals surface area (Å²) < 4.78 is 5.29. The van der Waals surface area contributed by atoms with Gasteiger partial charge >= 0.3 is 0 Å². The summed E-state index contributed by atoms with van der Waals surface area (Å²) in [5.41, 5.74) is 7.81. The van der Waals surface area contributed by atoms with Gasteiger partial charge in [-0.15, -0.1) is 0 Å². The lowest BCUT2D eigenvalue weighted by atomic mass is 10.0. The van der Waals surface area contributed by atoms with Gasteiger partial charge in [-0.25, -0.2) is 0 Å². The molecule has 4 nitrogen and oxygen atoms in total. The molecule has 2 rings (SSSR count). The molecule has 1 unspecified atom stereocenters. The molecule has 2 aromatic rings. The second-order valence-corrected chi connectivity index (χ2v) is 4.33. The van der Waals surface area contributed by atoms with Crippen LogP contribution in [0.25, 0.3) is 0 Å². The van der Waals surface area contributed by atoms with Crippen molar-refractivity contribution < 1.29 is 4.74 Å². The lowest BCUT2D eigenvalue weighted by Crippen LogP contribution is -2.15. The Bertz CT molecular complexity index is 519. The van der Waals surface area contributed by atoms with Gasteiger partial charge in [0.05, 0.1) is 18.8 Å². The fraction of sp³-hybridized carbons (Fsp3) is 0.231. The molecular weight excluding hydrogens is 250 g/mol. The van der Waals surface area contributed by atoms with E-state index in [-0.39, 0.29) is 6.04 Å².